The van der Waals surface area contributed by atoms with Crippen molar-refractivity contribution in [2.75, 3.05) is 39.3 Å². The van der Waals surface area contributed by atoms with E-state index in [4.69, 9.17) is 0 Å². The molecule has 7 nitrogen and oxygen atoms in total. The Morgan fingerprint density at radius 3 is 2.71 bits per heavy atom. The van der Waals surface area contributed by atoms with Crippen molar-refractivity contribution < 1.29 is 14.4 Å². The molecular formula is C21H30N4O3. The van der Waals surface area contributed by atoms with Crippen LogP contribution in [-0.4, -0.2) is 72.8 Å². The van der Waals surface area contributed by atoms with Crippen LogP contribution in [0.15, 0.2) is 30.3 Å². The Labute approximate surface area is 166 Å². The van der Waals surface area contributed by atoms with Gasteiger partial charge in [0, 0.05) is 45.7 Å². The van der Waals surface area contributed by atoms with Crippen molar-refractivity contribution in [3.05, 3.63) is 35.9 Å². The average Bonchev–Trinajstić information content (AvgIpc) is 3.11. The zero-order chi connectivity index (χ0) is 19.8. The number of benzene rings is 1. The van der Waals surface area contributed by atoms with Gasteiger partial charge in [-0.2, -0.15) is 0 Å². The molecule has 28 heavy (non-hydrogen) atoms. The Bertz CT molecular complexity index is 679. The van der Waals surface area contributed by atoms with Crippen LogP contribution in [0.25, 0.3) is 0 Å². The molecule has 0 saturated carbocycles. The van der Waals surface area contributed by atoms with Crippen molar-refractivity contribution in [3.8, 4) is 0 Å². The number of rotatable bonds is 9. The van der Waals surface area contributed by atoms with Crippen molar-refractivity contribution in [1.29, 1.82) is 0 Å². The number of hydrogen-bond acceptors (Lipinski definition) is 4. The smallest absolute Gasteiger partial charge is 0.237 e. The van der Waals surface area contributed by atoms with E-state index in [1.807, 2.05) is 23.1 Å². The van der Waals surface area contributed by atoms with Gasteiger partial charge in [0.2, 0.25) is 17.7 Å². The molecule has 0 spiro atoms. The highest BCUT2D eigenvalue weighted by molar-refractivity contribution is 5.88. The van der Waals surface area contributed by atoms with Gasteiger partial charge in [0.1, 0.15) is 0 Å². The molecule has 2 heterocycles. The Kier molecular flexibility index (Phi) is 7.42. The third kappa shape index (κ3) is 5.79. The molecule has 0 bridgehead atoms. The SMILES string of the molecule is O=C(CC1C(=O)NCCN1CCc1ccccc1)NCCCN1CCCC1=O. The van der Waals surface area contributed by atoms with Crippen LogP contribution in [-0.2, 0) is 20.8 Å². The Hall–Kier alpha value is -2.41. The predicted molar refractivity (Wildman–Crippen MR) is 107 cm³/mol. The minimum absolute atomic E-state index is 0.0721. The van der Waals surface area contributed by atoms with Gasteiger partial charge in [-0.25, -0.2) is 0 Å². The van der Waals surface area contributed by atoms with E-state index in [-0.39, 0.29) is 24.1 Å². The van der Waals surface area contributed by atoms with E-state index < -0.39 is 6.04 Å². The fourth-order valence-electron chi connectivity index (χ4n) is 3.85. The zero-order valence-corrected chi connectivity index (χ0v) is 16.4. The molecule has 2 saturated heterocycles. The molecule has 1 aromatic carbocycles. The maximum absolute atomic E-state index is 12.3. The van der Waals surface area contributed by atoms with Crippen LogP contribution in [0, 0.1) is 0 Å². The lowest BCUT2D eigenvalue weighted by Gasteiger charge is -2.34. The highest BCUT2D eigenvalue weighted by Crippen LogP contribution is 2.12. The number of piperazine rings is 1. The number of nitrogens with zero attached hydrogens (tertiary/aromatic N) is 2. The summed E-state index contributed by atoms with van der Waals surface area (Å²) < 4.78 is 0. The summed E-state index contributed by atoms with van der Waals surface area (Å²) in [4.78, 5) is 40.2. The lowest BCUT2D eigenvalue weighted by Crippen LogP contribution is -2.56. The van der Waals surface area contributed by atoms with Crippen molar-refractivity contribution in [2.45, 2.75) is 38.1 Å². The monoisotopic (exact) mass is 386 g/mol. The fraction of sp³-hybridized carbons (Fsp3) is 0.571. The number of carbonyl (C=O) groups excluding carboxylic acids is 3. The van der Waals surface area contributed by atoms with E-state index in [9.17, 15) is 14.4 Å². The van der Waals surface area contributed by atoms with E-state index in [1.165, 1.54) is 5.56 Å². The molecule has 152 valence electrons. The summed E-state index contributed by atoms with van der Waals surface area (Å²) in [6.45, 7) is 4.17. The molecule has 2 fully saturated rings. The van der Waals surface area contributed by atoms with Crippen molar-refractivity contribution >= 4 is 17.7 Å². The lowest BCUT2D eigenvalue weighted by molar-refractivity contribution is -0.134. The van der Waals surface area contributed by atoms with Gasteiger partial charge in [-0.1, -0.05) is 30.3 Å². The van der Waals surface area contributed by atoms with Crippen LogP contribution in [0.4, 0.5) is 0 Å². The first-order valence-electron chi connectivity index (χ1n) is 10.2. The summed E-state index contributed by atoms with van der Waals surface area (Å²) in [6.07, 6.45) is 3.34. The largest absolute Gasteiger partial charge is 0.356 e. The predicted octanol–water partition coefficient (Wildman–Crippen LogP) is 0.548. The second kappa shape index (κ2) is 10.2. The number of carbonyl (C=O) groups is 3. The Morgan fingerprint density at radius 2 is 1.96 bits per heavy atom. The highest BCUT2D eigenvalue weighted by Gasteiger charge is 2.31. The molecule has 3 amide bonds. The minimum Gasteiger partial charge on any atom is -0.356 e. The van der Waals surface area contributed by atoms with Crippen molar-refractivity contribution in [3.63, 3.8) is 0 Å². The molecule has 0 radical (unpaired) electrons. The van der Waals surface area contributed by atoms with Crippen LogP contribution >= 0.6 is 0 Å². The van der Waals surface area contributed by atoms with E-state index in [2.05, 4.69) is 27.7 Å². The molecule has 2 aliphatic heterocycles. The van der Waals surface area contributed by atoms with E-state index in [0.717, 1.165) is 38.9 Å². The van der Waals surface area contributed by atoms with Gasteiger partial charge in [0.15, 0.2) is 0 Å². The molecule has 3 rings (SSSR count). The molecule has 1 atom stereocenters. The normalized spacial score (nSPS) is 20.3. The third-order valence-corrected chi connectivity index (χ3v) is 5.45. The molecule has 2 aliphatic rings. The summed E-state index contributed by atoms with van der Waals surface area (Å²) >= 11 is 0. The summed E-state index contributed by atoms with van der Waals surface area (Å²) in [5.74, 6) is 0.0240. The van der Waals surface area contributed by atoms with Gasteiger partial charge in [0.05, 0.1) is 12.5 Å². The first-order chi connectivity index (χ1) is 13.6. The molecule has 2 N–H and O–H groups in total. The van der Waals surface area contributed by atoms with Crippen molar-refractivity contribution in [1.82, 2.24) is 20.4 Å². The summed E-state index contributed by atoms with van der Waals surface area (Å²) in [5.41, 5.74) is 1.23. The van der Waals surface area contributed by atoms with Crippen LogP contribution in [0.1, 0.15) is 31.2 Å². The van der Waals surface area contributed by atoms with Gasteiger partial charge < -0.3 is 15.5 Å². The number of amides is 3. The zero-order valence-electron chi connectivity index (χ0n) is 16.4. The third-order valence-electron chi connectivity index (χ3n) is 5.45. The van der Waals surface area contributed by atoms with E-state index >= 15 is 0 Å². The second-order valence-corrected chi connectivity index (χ2v) is 7.47. The second-order valence-electron chi connectivity index (χ2n) is 7.47. The molecule has 0 aromatic heterocycles. The number of nitrogens with one attached hydrogen (secondary N) is 2. The van der Waals surface area contributed by atoms with Gasteiger partial charge in [-0.15, -0.1) is 0 Å². The van der Waals surface area contributed by atoms with Crippen molar-refractivity contribution in [2.24, 2.45) is 0 Å². The summed E-state index contributed by atoms with van der Waals surface area (Å²) in [5, 5.41) is 5.77. The topological polar surface area (TPSA) is 81.8 Å². The Balaban J connectivity index is 1.42. The highest BCUT2D eigenvalue weighted by atomic mass is 16.2. The first kappa shape index (κ1) is 20.3. The molecule has 1 aromatic rings. The van der Waals surface area contributed by atoms with Gasteiger partial charge in [-0.05, 0) is 24.8 Å². The number of hydrogen-bond donors (Lipinski definition) is 2. The Morgan fingerprint density at radius 1 is 1.14 bits per heavy atom. The lowest BCUT2D eigenvalue weighted by atomic mass is 10.1. The van der Waals surface area contributed by atoms with Gasteiger partial charge >= 0.3 is 0 Å². The quantitative estimate of drug-likeness (QED) is 0.607. The van der Waals surface area contributed by atoms with Gasteiger partial charge in [-0.3, -0.25) is 19.3 Å². The summed E-state index contributed by atoms with van der Waals surface area (Å²) in [6, 6.07) is 9.76. The summed E-state index contributed by atoms with van der Waals surface area (Å²) in [7, 11) is 0. The average molecular weight is 386 g/mol. The first-order valence-corrected chi connectivity index (χ1v) is 10.2. The minimum atomic E-state index is -0.419. The molecule has 0 aliphatic carbocycles. The standard InChI is InChI=1S/C21H30N4O3/c26-19(22-10-5-13-25-12-4-8-20(25)27)16-18-21(28)23-11-15-24(18)14-9-17-6-2-1-3-7-17/h1-3,6-7,18H,4-5,8-16H2,(H,22,26)(H,23,28). The molecule has 1 unspecified atom stereocenters. The number of likely N-dealkylation sites (tertiary alicyclic amines) is 1. The maximum Gasteiger partial charge on any atom is 0.237 e. The van der Waals surface area contributed by atoms with Gasteiger partial charge in [0.25, 0.3) is 0 Å². The molecule has 7 heteroatoms. The van der Waals surface area contributed by atoms with E-state index in [1.54, 1.807) is 0 Å². The van der Waals surface area contributed by atoms with E-state index in [0.29, 0.717) is 26.1 Å². The van der Waals surface area contributed by atoms with Crippen LogP contribution in [0.5, 0.6) is 0 Å². The van der Waals surface area contributed by atoms with Crippen LogP contribution in [0.2, 0.25) is 0 Å². The molecular weight excluding hydrogens is 356 g/mol. The van der Waals surface area contributed by atoms with Crippen LogP contribution < -0.4 is 10.6 Å². The van der Waals surface area contributed by atoms with Crippen LogP contribution in [0.3, 0.4) is 0 Å². The maximum atomic E-state index is 12.3. The fourth-order valence-corrected chi connectivity index (χ4v) is 3.85.